The predicted octanol–water partition coefficient (Wildman–Crippen LogP) is 0.911. The molecule has 0 saturated carbocycles. The van der Waals surface area contributed by atoms with Crippen molar-refractivity contribution in [1.82, 2.24) is 10.2 Å². The van der Waals surface area contributed by atoms with Crippen molar-refractivity contribution in [1.29, 1.82) is 5.26 Å². The van der Waals surface area contributed by atoms with Gasteiger partial charge >= 0.3 is 0 Å². The summed E-state index contributed by atoms with van der Waals surface area (Å²) in [7, 11) is 1.55. The number of hydrogen-bond donors (Lipinski definition) is 1. The Kier molecular flexibility index (Phi) is 7.78. The minimum absolute atomic E-state index is 0.0146. The predicted molar refractivity (Wildman–Crippen MR) is 64.9 cm³/mol. The first kappa shape index (κ1) is 15.4. The van der Waals surface area contributed by atoms with Crippen molar-refractivity contribution in [2.24, 2.45) is 5.92 Å². The summed E-state index contributed by atoms with van der Waals surface area (Å²) in [5.41, 5.74) is 0. The summed E-state index contributed by atoms with van der Waals surface area (Å²) in [6, 6.07) is 1.98. The van der Waals surface area contributed by atoms with E-state index in [0.717, 1.165) is 12.8 Å². The quantitative estimate of drug-likeness (QED) is 0.717. The van der Waals surface area contributed by atoms with E-state index in [9.17, 15) is 9.59 Å². The summed E-state index contributed by atoms with van der Waals surface area (Å²) in [5.74, 6) is -1.10. The van der Waals surface area contributed by atoms with Crippen molar-refractivity contribution in [3.05, 3.63) is 0 Å². The summed E-state index contributed by atoms with van der Waals surface area (Å²) in [6.45, 7) is 4.51. The number of amides is 2. The van der Waals surface area contributed by atoms with E-state index in [0.29, 0.717) is 13.0 Å². The van der Waals surface area contributed by atoms with Crippen LogP contribution in [0.5, 0.6) is 0 Å². The Labute approximate surface area is 103 Å². The molecule has 0 spiro atoms. The molecule has 0 aromatic heterocycles. The number of carbonyl (C=O) groups is 2. The molecule has 0 saturated heterocycles. The topological polar surface area (TPSA) is 73.2 Å². The zero-order valence-corrected chi connectivity index (χ0v) is 10.8. The number of hydrogen-bond acceptors (Lipinski definition) is 3. The summed E-state index contributed by atoms with van der Waals surface area (Å²) in [6.07, 6.45) is 2.18. The lowest BCUT2D eigenvalue weighted by molar-refractivity contribution is -0.136. The Bertz CT molecular complexity index is 297. The van der Waals surface area contributed by atoms with Crippen molar-refractivity contribution in [2.45, 2.75) is 33.1 Å². The van der Waals surface area contributed by atoms with Crippen LogP contribution in [-0.4, -0.2) is 36.9 Å². The number of rotatable bonds is 7. The number of likely N-dealkylation sites (N-methyl/N-ethyl adjacent to an activating group) is 1. The molecule has 1 atom stereocenters. The Morgan fingerprint density at radius 2 is 2.00 bits per heavy atom. The molecule has 2 amide bonds. The van der Waals surface area contributed by atoms with Crippen LogP contribution in [0.15, 0.2) is 0 Å². The SMILES string of the molecule is CCCNC(=O)CN(C)C(=O)C(C#N)CCC. The van der Waals surface area contributed by atoms with Gasteiger partial charge in [0.05, 0.1) is 12.6 Å². The molecule has 0 aliphatic rings. The lowest BCUT2D eigenvalue weighted by atomic mass is 10.0. The van der Waals surface area contributed by atoms with Crippen molar-refractivity contribution >= 4 is 11.8 Å². The highest BCUT2D eigenvalue weighted by atomic mass is 16.2. The lowest BCUT2D eigenvalue weighted by Gasteiger charge is -2.19. The van der Waals surface area contributed by atoms with Gasteiger partial charge in [-0.15, -0.1) is 0 Å². The Morgan fingerprint density at radius 3 is 2.47 bits per heavy atom. The van der Waals surface area contributed by atoms with Gasteiger partial charge in [0, 0.05) is 13.6 Å². The van der Waals surface area contributed by atoms with Gasteiger partial charge in [-0.3, -0.25) is 9.59 Å². The van der Waals surface area contributed by atoms with E-state index < -0.39 is 5.92 Å². The average Bonchev–Trinajstić information content (AvgIpc) is 2.32. The molecule has 0 aromatic rings. The van der Waals surface area contributed by atoms with Crippen molar-refractivity contribution < 1.29 is 9.59 Å². The normalized spacial score (nSPS) is 11.4. The molecule has 17 heavy (non-hydrogen) atoms. The minimum Gasteiger partial charge on any atom is -0.355 e. The van der Waals surface area contributed by atoms with Gasteiger partial charge in [-0.2, -0.15) is 5.26 Å². The largest absolute Gasteiger partial charge is 0.355 e. The standard InChI is InChI=1S/C12H21N3O2/c1-4-6-10(8-13)12(17)15(3)9-11(16)14-7-5-2/h10H,4-7,9H2,1-3H3,(H,14,16). The number of nitrogens with one attached hydrogen (secondary N) is 1. The summed E-state index contributed by atoms with van der Waals surface area (Å²) in [4.78, 5) is 24.5. The van der Waals surface area contributed by atoms with E-state index in [2.05, 4.69) is 5.32 Å². The lowest BCUT2D eigenvalue weighted by Crippen LogP contribution is -2.40. The van der Waals surface area contributed by atoms with Crippen LogP contribution in [0.25, 0.3) is 0 Å². The van der Waals surface area contributed by atoms with Crippen LogP contribution >= 0.6 is 0 Å². The first-order valence-corrected chi connectivity index (χ1v) is 5.98. The van der Waals surface area contributed by atoms with Crippen LogP contribution in [0.1, 0.15) is 33.1 Å². The Hall–Kier alpha value is -1.57. The third-order valence-electron chi connectivity index (χ3n) is 2.36. The number of nitrogens with zero attached hydrogens (tertiary/aromatic N) is 2. The highest BCUT2D eigenvalue weighted by molar-refractivity contribution is 5.86. The third-order valence-corrected chi connectivity index (χ3v) is 2.36. The van der Waals surface area contributed by atoms with Gasteiger partial charge in [-0.25, -0.2) is 0 Å². The maximum absolute atomic E-state index is 11.8. The molecule has 1 unspecified atom stereocenters. The van der Waals surface area contributed by atoms with Crippen molar-refractivity contribution in [2.75, 3.05) is 20.1 Å². The molecule has 0 heterocycles. The fourth-order valence-corrected chi connectivity index (χ4v) is 1.41. The van der Waals surface area contributed by atoms with Gasteiger partial charge in [0.25, 0.3) is 0 Å². The van der Waals surface area contributed by atoms with Crippen LogP contribution in [0.3, 0.4) is 0 Å². The highest BCUT2D eigenvalue weighted by Crippen LogP contribution is 2.08. The fourth-order valence-electron chi connectivity index (χ4n) is 1.41. The molecular formula is C12H21N3O2. The van der Waals surface area contributed by atoms with Crippen LogP contribution in [-0.2, 0) is 9.59 Å². The second-order valence-electron chi connectivity index (χ2n) is 4.01. The second kappa shape index (κ2) is 8.57. The summed E-state index contributed by atoms with van der Waals surface area (Å²) in [5, 5.41) is 11.5. The molecule has 0 fully saturated rings. The first-order valence-electron chi connectivity index (χ1n) is 5.98. The molecule has 96 valence electrons. The van der Waals surface area contributed by atoms with E-state index in [1.54, 1.807) is 7.05 Å². The Morgan fingerprint density at radius 1 is 1.35 bits per heavy atom. The van der Waals surface area contributed by atoms with Crippen LogP contribution < -0.4 is 5.32 Å². The van der Waals surface area contributed by atoms with Crippen LogP contribution in [0.4, 0.5) is 0 Å². The smallest absolute Gasteiger partial charge is 0.240 e. The zero-order valence-electron chi connectivity index (χ0n) is 10.8. The Balaban J connectivity index is 4.21. The maximum atomic E-state index is 11.8. The van der Waals surface area contributed by atoms with Gasteiger partial charge in [0.2, 0.25) is 11.8 Å². The van der Waals surface area contributed by atoms with Crippen LogP contribution in [0, 0.1) is 17.2 Å². The van der Waals surface area contributed by atoms with Crippen LogP contribution in [0.2, 0.25) is 0 Å². The minimum atomic E-state index is -0.635. The van der Waals surface area contributed by atoms with Gasteiger partial charge < -0.3 is 10.2 Å². The second-order valence-corrected chi connectivity index (χ2v) is 4.01. The number of nitriles is 1. The highest BCUT2D eigenvalue weighted by Gasteiger charge is 2.22. The van der Waals surface area contributed by atoms with E-state index in [1.165, 1.54) is 4.90 Å². The summed E-state index contributed by atoms with van der Waals surface area (Å²) >= 11 is 0. The maximum Gasteiger partial charge on any atom is 0.240 e. The molecule has 0 rings (SSSR count). The molecule has 0 aliphatic heterocycles. The molecular weight excluding hydrogens is 218 g/mol. The van der Waals surface area contributed by atoms with Crippen molar-refractivity contribution in [3.8, 4) is 6.07 Å². The third kappa shape index (κ3) is 5.91. The molecule has 0 bridgehead atoms. The molecule has 5 heteroatoms. The number of carbonyl (C=O) groups excluding carboxylic acids is 2. The molecule has 0 radical (unpaired) electrons. The van der Waals surface area contributed by atoms with Gasteiger partial charge in [-0.05, 0) is 12.8 Å². The van der Waals surface area contributed by atoms with Crippen molar-refractivity contribution in [3.63, 3.8) is 0 Å². The van der Waals surface area contributed by atoms with Gasteiger partial charge in [0.15, 0.2) is 0 Å². The van der Waals surface area contributed by atoms with E-state index in [4.69, 9.17) is 5.26 Å². The first-order chi connectivity index (χ1) is 8.06. The molecule has 5 nitrogen and oxygen atoms in total. The summed E-state index contributed by atoms with van der Waals surface area (Å²) < 4.78 is 0. The zero-order chi connectivity index (χ0) is 13.3. The molecule has 0 aliphatic carbocycles. The monoisotopic (exact) mass is 239 g/mol. The fraction of sp³-hybridized carbons (Fsp3) is 0.750. The van der Waals surface area contributed by atoms with E-state index >= 15 is 0 Å². The molecule has 1 N–H and O–H groups in total. The molecule has 0 aromatic carbocycles. The average molecular weight is 239 g/mol. The van der Waals surface area contributed by atoms with E-state index in [-0.39, 0.29) is 18.4 Å². The van der Waals surface area contributed by atoms with Gasteiger partial charge in [-0.1, -0.05) is 20.3 Å². The van der Waals surface area contributed by atoms with E-state index in [1.807, 2.05) is 19.9 Å². The van der Waals surface area contributed by atoms with Gasteiger partial charge in [0.1, 0.15) is 5.92 Å².